The number of methoxy groups -OCH3 is 1. The van der Waals surface area contributed by atoms with Gasteiger partial charge in [0.05, 0.1) is 6.10 Å². The highest BCUT2D eigenvalue weighted by molar-refractivity contribution is 5.27. The van der Waals surface area contributed by atoms with Crippen LogP contribution in [0.3, 0.4) is 0 Å². The van der Waals surface area contributed by atoms with Crippen LogP contribution in [0.25, 0.3) is 0 Å². The fourth-order valence-corrected chi connectivity index (χ4v) is 4.41. The lowest BCUT2D eigenvalue weighted by molar-refractivity contribution is 0.00395. The topological polar surface area (TPSA) is 21.3 Å². The fourth-order valence-electron chi connectivity index (χ4n) is 4.41. The average Bonchev–Trinajstić information content (AvgIpc) is 3.34. The summed E-state index contributed by atoms with van der Waals surface area (Å²) in [5.74, 6) is 2.22. The molecule has 21 heavy (non-hydrogen) atoms. The molecule has 0 saturated heterocycles. The number of rotatable bonds is 6. The smallest absolute Gasteiger partial charge is 0.0755 e. The summed E-state index contributed by atoms with van der Waals surface area (Å²) in [4.78, 5) is 0. The van der Waals surface area contributed by atoms with Crippen LogP contribution in [0.4, 0.5) is 0 Å². The summed E-state index contributed by atoms with van der Waals surface area (Å²) in [6, 6.07) is 11.5. The second-order valence-electron chi connectivity index (χ2n) is 6.83. The molecular formula is C19H29NO. The molecule has 4 atom stereocenters. The van der Waals surface area contributed by atoms with Gasteiger partial charge in [-0.1, -0.05) is 49.6 Å². The molecule has 1 N–H and O–H groups in total. The zero-order chi connectivity index (χ0) is 14.7. The standard InChI is InChI=1S/C19H29NO/c1-20-18(19(21-2)15-11-7-4-8-12-15)17-13-16(17)14-9-5-3-6-10-14/h3,5-6,9-10,15-20H,4,7-8,11-13H2,1-2H3. The van der Waals surface area contributed by atoms with Crippen LogP contribution in [0.1, 0.15) is 50.0 Å². The van der Waals surface area contributed by atoms with Crippen molar-refractivity contribution in [3.8, 4) is 0 Å². The van der Waals surface area contributed by atoms with Crippen LogP contribution in [0.15, 0.2) is 30.3 Å². The highest BCUT2D eigenvalue weighted by Gasteiger charge is 2.47. The van der Waals surface area contributed by atoms with Crippen molar-refractivity contribution in [3.05, 3.63) is 35.9 Å². The quantitative estimate of drug-likeness (QED) is 0.854. The van der Waals surface area contributed by atoms with Crippen molar-refractivity contribution < 1.29 is 4.74 Å². The second-order valence-corrected chi connectivity index (χ2v) is 6.83. The molecule has 0 amide bonds. The lowest BCUT2D eigenvalue weighted by Crippen LogP contribution is -2.45. The summed E-state index contributed by atoms with van der Waals surface area (Å²) < 4.78 is 5.97. The molecule has 2 saturated carbocycles. The molecule has 4 unspecified atom stereocenters. The maximum Gasteiger partial charge on any atom is 0.0755 e. The third kappa shape index (κ3) is 3.32. The number of nitrogens with one attached hydrogen (secondary N) is 1. The van der Waals surface area contributed by atoms with E-state index in [1.165, 1.54) is 44.1 Å². The summed E-state index contributed by atoms with van der Waals surface area (Å²) in [5.41, 5.74) is 1.50. The highest BCUT2D eigenvalue weighted by atomic mass is 16.5. The molecule has 0 spiro atoms. The molecule has 0 bridgehead atoms. The predicted molar refractivity (Wildman–Crippen MR) is 87.5 cm³/mol. The van der Waals surface area contributed by atoms with Crippen LogP contribution in [0, 0.1) is 11.8 Å². The van der Waals surface area contributed by atoms with Crippen LogP contribution >= 0.6 is 0 Å². The Bertz CT molecular complexity index is 426. The van der Waals surface area contributed by atoms with Gasteiger partial charge in [0.2, 0.25) is 0 Å². The summed E-state index contributed by atoms with van der Waals surface area (Å²) in [6.07, 6.45) is 8.56. The van der Waals surface area contributed by atoms with Gasteiger partial charge in [-0.2, -0.15) is 0 Å². The molecule has 116 valence electrons. The first-order chi connectivity index (χ1) is 10.3. The Morgan fingerprint density at radius 2 is 1.81 bits per heavy atom. The first-order valence-electron chi connectivity index (χ1n) is 8.60. The van der Waals surface area contributed by atoms with Crippen LogP contribution in [-0.2, 0) is 4.74 Å². The maximum atomic E-state index is 5.97. The van der Waals surface area contributed by atoms with Gasteiger partial charge in [0.1, 0.15) is 0 Å². The van der Waals surface area contributed by atoms with Gasteiger partial charge in [-0.25, -0.2) is 0 Å². The monoisotopic (exact) mass is 287 g/mol. The Labute approximate surface area is 129 Å². The molecule has 2 aliphatic rings. The van der Waals surface area contributed by atoms with Crippen molar-refractivity contribution in [1.82, 2.24) is 5.32 Å². The van der Waals surface area contributed by atoms with Crippen molar-refractivity contribution in [2.45, 2.75) is 56.6 Å². The lowest BCUT2D eigenvalue weighted by Gasteiger charge is -2.35. The van der Waals surface area contributed by atoms with E-state index in [4.69, 9.17) is 4.74 Å². The molecule has 3 rings (SSSR count). The van der Waals surface area contributed by atoms with E-state index in [1.807, 2.05) is 7.11 Å². The molecule has 1 aromatic carbocycles. The van der Waals surface area contributed by atoms with Gasteiger partial charge in [0.25, 0.3) is 0 Å². The second kappa shape index (κ2) is 6.93. The Morgan fingerprint density at radius 1 is 1.10 bits per heavy atom. The van der Waals surface area contributed by atoms with E-state index in [9.17, 15) is 0 Å². The lowest BCUT2D eigenvalue weighted by atomic mass is 9.81. The minimum Gasteiger partial charge on any atom is -0.380 e. The van der Waals surface area contributed by atoms with E-state index >= 15 is 0 Å². The largest absolute Gasteiger partial charge is 0.380 e. The van der Waals surface area contributed by atoms with E-state index in [0.717, 1.165) is 17.8 Å². The van der Waals surface area contributed by atoms with Gasteiger partial charge in [-0.3, -0.25) is 0 Å². The van der Waals surface area contributed by atoms with Crippen LogP contribution < -0.4 is 5.32 Å². The van der Waals surface area contributed by atoms with Crippen molar-refractivity contribution in [2.75, 3.05) is 14.2 Å². The maximum absolute atomic E-state index is 5.97. The van der Waals surface area contributed by atoms with Crippen molar-refractivity contribution in [2.24, 2.45) is 11.8 Å². The van der Waals surface area contributed by atoms with Crippen molar-refractivity contribution >= 4 is 0 Å². The van der Waals surface area contributed by atoms with Crippen molar-refractivity contribution in [1.29, 1.82) is 0 Å². The summed E-state index contributed by atoms with van der Waals surface area (Å²) in [7, 11) is 4.02. The Kier molecular flexibility index (Phi) is 4.97. The number of benzene rings is 1. The third-order valence-electron chi connectivity index (χ3n) is 5.60. The minimum absolute atomic E-state index is 0.383. The molecule has 2 nitrogen and oxygen atoms in total. The molecule has 0 aromatic heterocycles. The highest BCUT2D eigenvalue weighted by Crippen LogP contribution is 2.51. The van der Waals surface area contributed by atoms with E-state index in [2.05, 4.69) is 42.7 Å². The zero-order valence-electron chi connectivity index (χ0n) is 13.4. The first kappa shape index (κ1) is 15.1. The molecular weight excluding hydrogens is 258 g/mol. The normalized spacial score (nSPS) is 29.0. The van der Waals surface area contributed by atoms with Crippen LogP contribution in [0.5, 0.6) is 0 Å². The average molecular weight is 287 g/mol. The molecule has 1 aromatic rings. The van der Waals surface area contributed by atoms with Gasteiger partial charge < -0.3 is 10.1 Å². The fraction of sp³-hybridized carbons (Fsp3) is 0.684. The van der Waals surface area contributed by atoms with E-state index < -0.39 is 0 Å². The predicted octanol–water partition coefficient (Wildman–Crippen LogP) is 3.97. The molecule has 0 aliphatic heterocycles. The van der Waals surface area contributed by atoms with E-state index in [0.29, 0.717) is 12.1 Å². The number of ether oxygens (including phenoxy) is 1. The van der Waals surface area contributed by atoms with Gasteiger partial charge in [-0.05, 0) is 49.6 Å². The molecule has 2 aliphatic carbocycles. The van der Waals surface area contributed by atoms with Crippen LogP contribution in [0.2, 0.25) is 0 Å². The van der Waals surface area contributed by atoms with Crippen LogP contribution in [-0.4, -0.2) is 26.3 Å². The summed E-state index contributed by atoms with van der Waals surface area (Å²) >= 11 is 0. The summed E-state index contributed by atoms with van der Waals surface area (Å²) in [5, 5.41) is 3.59. The Hall–Kier alpha value is -0.860. The van der Waals surface area contributed by atoms with E-state index in [-0.39, 0.29) is 0 Å². The van der Waals surface area contributed by atoms with Gasteiger partial charge in [-0.15, -0.1) is 0 Å². The Balaban J connectivity index is 1.67. The number of hydrogen-bond donors (Lipinski definition) is 1. The molecule has 2 heteroatoms. The minimum atomic E-state index is 0.383. The summed E-state index contributed by atoms with van der Waals surface area (Å²) in [6.45, 7) is 0. The number of likely N-dealkylation sites (N-methyl/N-ethyl adjacent to an activating group) is 1. The number of hydrogen-bond acceptors (Lipinski definition) is 2. The first-order valence-corrected chi connectivity index (χ1v) is 8.60. The molecule has 0 radical (unpaired) electrons. The molecule has 0 heterocycles. The van der Waals surface area contributed by atoms with Gasteiger partial charge >= 0.3 is 0 Å². The SMILES string of the molecule is CNC(C1CC1c1ccccc1)C(OC)C1CCCCC1. The zero-order valence-corrected chi connectivity index (χ0v) is 13.4. The Morgan fingerprint density at radius 3 is 2.43 bits per heavy atom. The van der Waals surface area contributed by atoms with Gasteiger partial charge in [0.15, 0.2) is 0 Å². The van der Waals surface area contributed by atoms with E-state index in [1.54, 1.807) is 0 Å². The molecule has 2 fully saturated rings. The third-order valence-corrected chi connectivity index (χ3v) is 5.60. The van der Waals surface area contributed by atoms with Crippen molar-refractivity contribution in [3.63, 3.8) is 0 Å². The van der Waals surface area contributed by atoms with Gasteiger partial charge in [0, 0.05) is 13.2 Å².